The number of aromatic nitrogens is 1. The van der Waals surface area contributed by atoms with Crippen molar-refractivity contribution in [1.82, 2.24) is 19.3 Å². The summed E-state index contributed by atoms with van der Waals surface area (Å²) < 4.78 is 1.68. The molecule has 4 aliphatic rings. The Morgan fingerprint density at radius 1 is 1.08 bits per heavy atom. The quantitative estimate of drug-likeness (QED) is 0.810. The first kappa shape index (κ1) is 17.7. The summed E-state index contributed by atoms with van der Waals surface area (Å²) >= 11 is 0. The molecule has 0 spiro atoms. The number of carbonyl (C=O) groups excluding carboxylic acids is 1. The van der Waals surface area contributed by atoms with Crippen LogP contribution in [0.5, 0.6) is 0 Å². The molecular formula is C20H30N4O2. The number of fused-ring (bicyclic) bond motifs is 3. The second-order valence-electron chi connectivity index (χ2n) is 7.97. The predicted molar refractivity (Wildman–Crippen MR) is 102 cm³/mol. The number of hydrogen-bond donors (Lipinski definition) is 0. The van der Waals surface area contributed by atoms with Gasteiger partial charge in [0.2, 0.25) is 0 Å². The summed E-state index contributed by atoms with van der Waals surface area (Å²) in [6.07, 6.45) is 2.65. The van der Waals surface area contributed by atoms with E-state index >= 15 is 0 Å². The Morgan fingerprint density at radius 3 is 2.35 bits per heavy atom. The molecule has 4 saturated heterocycles. The SMILES string of the molecule is CCn1c(C)ccc(C(=O)N2CCN(C3CN4CCC3CC4)CC2)c1=O. The predicted octanol–water partition coefficient (Wildman–Crippen LogP) is 1.03. The van der Waals surface area contributed by atoms with Gasteiger partial charge in [-0.3, -0.25) is 14.5 Å². The van der Waals surface area contributed by atoms with Crippen LogP contribution in [0, 0.1) is 12.8 Å². The van der Waals surface area contributed by atoms with Crippen LogP contribution in [0.25, 0.3) is 0 Å². The maximum absolute atomic E-state index is 12.9. The lowest BCUT2D eigenvalue weighted by Crippen LogP contribution is -2.61. The monoisotopic (exact) mass is 358 g/mol. The fraction of sp³-hybridized carbons (Fsp3) is 0.700. The topological polar surface area (TPSA) is 48.8 Å². The van der Waals surface area contributed by atoms with Gasteiger partial charge in [-0.2, -0.15) is 0 Å². The Kier molecular flexibility index (Phi) is 4.88. The van der Waals surface area contributed by atoms with Gasteiger partial charge in [0.25, 0.3) is 11.5 Å². The number of hydrogen-bond acceptors (Lipinski definition) is 4. The number of rotatable bonds is 3. The standard InChI is InChI=1S/C20H30N4O2/c1-3-24-15(2)4-5-17(20(24)26)19(25)23-12-10-22(11-13-23)18-14-21-8-6-16(18)7-9-21/h4-5,16,18H,3,6-14H2,1-2H3. The lowest BCUT2D eigenvalue weighted by Gasteiger charge is -2.51. The van der Waals surface area contributed by atoms with Crippen molar-refractivity contribution in [3.63, 3.8) is 0 Å². The van der Waals surface area contributed by atoms with Gasteiger partial charge in [-0.05, 0) is 57.8 Å². The fourth-order valence-corrected chi connectivity index (χ4v) is 5.00. The maximum atomic E-state index is 12.9. The second kappa shape index (κ2) is 7.16. The van der Waals surface area contributed by atoms with E-state index in [9.17, 15) is 9.59 Å². The smallest absolute Gasteiger partial charge is 0.263 e. The minimum absolute atomic E-state index is 0.106. The van der Waals surface area contributed by atoms with Gasteiger partial charge in [0.15, 0.2) is 0 Å². The van der Waals surface area contributed by atoms with E-state index in [1.165, 1.54) is 32.5 Å². The number of piperidine rings is 3. The van der Waals surface area contributed by atoms with Crippen LogP contribution in [0.3, 0.4) is 0 Å². The summed E-state index contributed by atoms with van der Waals surface area (Å²) in [4.78, 5) is 32.5. The van der Waals surface area contributed by atoms with Crippen molar-refractivity contribution >= 4 is 5.91 Å². The normalized spacial score (nSPS) is 29.2. The Morgan fingerprint density at radius 2 is 1.77 bits per heavy atom. The zero-order valence-electron chi connectivity index (χ0n) is 16.0. The molecule has 2 bridgehead atoms. The van der Waals surface area contributed by atoms with Crippen LogP contribution >= 0.6 is 0 Å². The van der Waals surface area contributed by atoms with Crippen molar-refractivity contribution < 1.29 is 4.79 Å². The molecule has 1 aromatic heterocycles. The number of amides is 1. The molecule has 5 heterocycles. The molecule has 6 nitrogen and oxygen atoms in total. The van der Waals surface area contributed by atoms with Gasteiger partial charge in [0.1, 0.15) is 5.56 Å². The van der Waals surface area contributed by atoms with Crippen molar-refractivity contribution in [2.24, 2.45) is 5.92 Å². The van der Waals surface area contributed by atoms with Crippen molar-refractivity contribution in [1.29, 1.82) is 0 Å². The molecule has 142 valence electrons. The Hall–Kier alpha value is -1.66. The Balaban J connectivity index is 1.42. The van der Waals surface area contributed by atoms with Gasteiger partial charge in [0, 0.05) is 51.0 Å². The van der Waals surface area contributed by atoms with E-state index in [1.54, 1.807) is 10.6 Å². The molecule has 0 aliphatic carbocycles. The average molecular weight is 358 g/mol. The molecule has 0 saturated carbocycles. The van der Waals surface area contributed by atoms with E-state index in [0.717, 1.165) is 37.8 Å². The van der Waals surface area contributed by atoms with Crippen LogP contribution in [-0.2, 0) is 6.54 Å². The summed E-state index contributed by atoms with van der Waals surface area (Å²) in [7, 11) is 0. The maximum Gasteiger partial charge on any atom is 0.263 e. The van der Waals surface area contributed by atoms with Crippen LogP contribution in [0.15, 0.2) is 16.9 Å². The lowest BCUT2D eigenvalue weighted by molar-refractivity contribution is -0.0131. The first-order valence-corrected chi connectivity index (χ1v) is 10.0. The lowest BCUT2D eigenvalue weighted by atomic mass is 9.83. The Labute approximate surface area is 155 Å². The van der Waals surface area contributed by atoms with Gasteiger partial charge in [-0.15, -0.1) is 0 Å². The minimum atomic E-state index is -0.155. The van der Waals surface area contributed by atoms with Gasteiger partial charge in [-0.1, -0.05) is 0 Å². The Bertz CT molecular complexity index is 728. The molecular weight excluding hydrogens is 328 g/mol. The van der Waals surface area contributed by atoms with Crippen LogP contribution in [0.4, 0.5) is 0 Å². The molecule has 4 fully saturated rings. The highest BCUT2D eigenvalue weighted by Crippen LogP contribution is 2.31. The zero-order valence-corrected chi connectivity index (χ0v) is 16.0. The summed E-state index contributed by atoms with van der Waals surface area (Å²) in [5.41, 5.74) is 1.06. The zero-order chi connectivity index (χ0) is 18.3. The van der Waals surface area contributed by atoms with Crippen LogP contribution < -0.4 is 5.56 Å². The summed E-state index contributed by atoms with van der Waals surface area (Å²) in [5.74, 6) is 0.724. The van der Waals surface area contributed by atoms with Crippen LogP contribution in [0.1, 0.15) is 35.8 Å². The van der Waals surface area contributed by atoms with E-state index in [1.807, 2.05) is 24.8 Å². The van der Waals surface area contributed by atoms with Gasteiger partial charge < -0.3 is 14.4 Å². The molecule has 1 unspecified atom stereocenters. The third-order valence-corrected chi connectivity index (χ3v) is 6.63. The van der Waals surface area contributed by atoms with E-state index < -0.39 is 0 Å². The molecule has 4 aliphatic heterocycles. The molecule has 26 heavy (non-hydrogen) atoms. The average Bonchev–Trinajstić information content (AvgIpc) is 2.69. The van der Waals surface area contributed by atoms with Crippen LogP contribution in [-0.4, -0.2) is 77.0 Å². The first-order valence-electron chi connectivity index (χ1n) is 10.0. The second-order valence-corrected chi connectivity index (χ2v) is 7.97. The first-order chi connectivity index (χ1) is 12.6. The minimum Gasteiger partial charge on any atom is -0.336 e. The molecule has 1 aromatic rings. The summed E-state index contributed by atoms with van der Waals surface area (Å²) in [6.45, 7) is 11.5. The van der Waals surface area contributed by atoms with Gasteiger partial charge >= 0.3 is 0 Å². The van der Waals surface area contributed by atoms with Crippen molar-refractivity contribution in [2.75, 3.05) is 45.8 Å². The number of pyridine rings is 1. The highest BCUT2D eigenvalue weighted by atomic mass is 16.2. The number of piperazine rings is 1. The third-order valence-electron chi connectivity index (χ3n) is 6.63. The van der Waals surface area contributed by atoms with E-state index in [2.05, 4.69) is 9.80 Å². The molecule has 0 N–H and O–H groups in total. The van der Waals surface area contributed by atoms with E-state index in [-0.39, 0.29) is 11.5 Å². The highest BCUT2D eigenvalue weighted by molar-refractivity contribution is 5.94. The van der Waals surface area contributed by atoms with Crippen LogP contribution in [0.2, 0.25) is 0 Å². The highest BCUT2D eigenvalue weighted by Gasteiger charge is 2.38. The van der Waals surface area contributed by atoms with Gasteiger partial charge in [0.05, 0.1) is 0 Å². The summed E-state index contributed by atoms with van der Waals surface area (Å²) in [5, 5.41) is 0. The van der Waals surface area contributed by atoms with Gasteiger partial charge in [-0.25, -0.2) is 0 Å². The van der Waals surface area contributed by atoms with Crippen molar-refractivity contribution in [2.45, 2.75) is 39.3 Å². The number of aryl methyl sites for hydroxylation is 1. The number of nitrogens with zero attached hydrogens (tertiary/aromatic N) is 4. The molecule has 1 amide bonds. The third kappa shape index (κ3) is 3.09. The molecule has 1 atom stereocenters. The molecule has 6 heteroatoms. The van der Waals surface area contributed by atoms with E-state index in [4.69, 9.17) is 0 Å². The fourth-order valence-electron chi connectivity index (χ4n) is 5.00. The van der Waals surface area contributed by atoms with E-state index in [0.29, 0.717) is 18.2 Å². The summed E-state index contributed by atoms with van der Waals surface area (Å²) in [6, 6.07) is 4.24. The van der Waals surface area contributed by atoms with Crippen molar-refractivity contribution in [3.05, 3.63) is 33.7 Å². The molecule has 5 rings (SSSR count). The molecule has 0 aromatic carbocycles. The largest absolute Gasteiger partial charge is 0.336 e. The van der Waals surface area contributed by atoms with Crippen molar-refractivity contribution in [3.8, 4) is 0 Å². The number of carbonyl (C=O) groups is 1. The molecule has 0 radical (unpaired) electrons.